The molecule has 0 aliphatic rings. The molecule has 1 aromatic carbocycles. The Balaban J connectivity index is 3.01. The van der Waals surface area contributed by atoms with E-state index in [4.69, 9.17) is 0 Å². The van der Waals surface area contributed by atoms with Crippen LogP contribution in [0.4, 0.5) is 17.1 Å². The highest BCUT2D eigenvalue weighted by atomic mass is 16.6. The van der Waals surface area contributed by atoms with Crippen LogP contribution in [0, 0.1) is 26.1 Å². The van der Waals surface area contributed by atoms with E-state index in [0.29, 0.717) is 5.92 Å². The molecule has 1 aromatic rings. The summed E-state index contributed by atoms with van der Waals surface area (Å²) in [5, 5.41) is 25.9. The van der Waals surface area contributed by atoms with Crippen molar-refractivity contribution >= 4 is 22.8 Å². The Kier molecular flexibility index (Phi) is 6.43. The summed E-state index contributed by atoms with van der Waals surface area (Å²) in [7, 11) is 0. The monoisotopic (exact) mass is 308 g/mol. The fraction of sp³-hybridized carbons (Fsp3) is 0.500. The number of hydrogen-bond donors (Lipinski definition) is 1. The summed E-state index contributed by atoms with van der Waals surface area (Å²) in [5.74, 6) is 0.479. The molecule has 8 heteroatoms. The molecular weight excluding hydrogens is 288 g/mol. The van der Waals surface area contributed by atoms with E-state index in [9.17, 15) is 20.2 Å². The highest BCUT2D eigenvalue weighted by Gasteiger charge is 2.19. The number of nitro benzene ring substituents is 2. The van der Waals surface area contributed by atoms with Gasteiger partial charge in [-0.3, -0.25) is 25.7 Å². The average molecular weight is 308 g/mol. The second-order valence-corrected chi connectivity index (χ2v) is 5.08. The molecule has 1 N–H and O–H groups in total. The summed E-state index contributed by atoms with van der Waals surface area (Å²) in [4.78, 5) is 20.4. The second-order valence-electron chi connectivity index (χ2n) is 5.08. The lowest BCUT2D eigenvalue weighted by molar-refractivity contribution is -0.393. The third kappa shape index (κ3) is 4.80. The van der Waals surface area contributed by atoms with Gasteiger partial charge >= 0.3 is 5.69 Å². The Morgan fingerprint density at radius 2 is 1.95 bits per heavy atom. The molecule has 0 aromatic heterocycles. The number of benzene rings is 1. The van der Waals surface area contributed by atoms with Crippen LogP contribution < -0.4 is 5.43 Å². The van der Waals surface area contributed by atoms with E-state index in [0.717, 1.165) is 31.0 Å². The van der Waals surface area contributed by atoms with Gasteiger partial charge in [-0.2, -0.15) is 5.10 Å². The molecule has 0 aliphatic carbocycles. The fourth-order valence-corrected chi connectivity index (χ4v) is 1.83. The fourth-order valence-electron chi connectivity index (χ4n) is 1.83. The summed E-state index contributed by atoms with van der Waals surface area (Å²) in [6.07, 6.45) is 2.57. The van der Waals surface area contributed by atoms with Crippen molar-refractivity contribution in [3.63, 3.8) is 0 Å². The Hall–Kier alpha value is -2.51. The van der Waals surface area contributed by atoms with Crippen molar-refractivity contribution in [3.05, 3.63) is 38.4 Å². The minimum Gasteiger partial charge on any atom is -0.272 e. The van der Waals surface area contributed by atoms with Crippen molar-refractivity contribution in [1.29, 1.82) is 0 Å². The molecule has 120 valence electrons. The van der Waals surface area contributed by atoms with Crippen LogP contribution in [0.1, 0.15) is 40.0 Å². The average Bonchev–Trinajstić information content (AvgIpc) is 2.50. The first kappa shape index (κ1) is 17.5. The maximum atomic E-state index is 11.0. The van der Waals surface area contributed by atoms with Crippen molar-refractivity contribution in [2.75, 3.05) is 5.43 Å². The predicted molar refractivity (Wildman–Crippen MR) is 85.2 cm³/mol. The molecule has 0 amide bonds. The molecule has 0 spiro atoms. The predicted octanol–water partition coefficient (Wildman–Crippen LogP) is 4.12. The van der Waals surface area contributed by atoms with Gasteiger partial charge in [-0.1, -0.05) is 27.2 Å². The standard InChI is InChI=1S/C14H20N4O4/c1-4-10(3)8-11(5-2)15-16-13-7-6-12(17(19)20)9-14(13)18(21)22/h6-7,9-10,16H,4-5,8H2,1-3H3/b15-11-. The van der Waals surface area contributed by atoms with Crippen LogP contribution in [0.15, 0.2) is 23.3 Å². The van der Waals surface area contributed by atoms with Crippen LogP contribution in [0.2, 0.25) is 0 Å². The third-order valence-corrected chi connectivity index (χ3v) is 3.41. The molecule has 1 atom stereocenters. The number of non-ortho nitro benzene ring substituents is 1. The summed E-state index contributed by atoms with van der Waals surface area (Å²) in [6.45, 7) is 6.17. The van der Waals surface area contributed by atoms with E-state index >= 15 is 0 Å². The molecule has 0 aliphatic heterocycles. The smallest absolute Gasteiger partial charge is 0.272 e. The molecule has 1 rings (SSSR count). The lowest BCUT2D eigenvalue weighted by Crippen LogP contribution is -2.07. The topological polar surface area (TPSA) is 111 Å². The molecule has 22 heavy (non-hydrogen) atoms. The van der Waals surface area contributed by atoms with Gasteiger partial charge in [-0.25, -0.2) is 0 Å². The van der Waals surface area contributed by atoms with Gasteiger partial charge in [0.25, 0.3) is 5.69 Å². The lowest BCUT2D eigenvalue weighted by Gasteiger charge is -2.10. The van der Waals surface area contributed by atoms with E-state index in [1.807, 2.05) is 6.92 Å². The number of hydrazone groups is 1. The van der Waals surface area contributed by atoms with Crippen molar-refractivity contribution in [1.82, 2.24) is 0 Å². The van der Waals surface area contributed by atoms with Crippen molar-refractivity contribution in [2.45, 2.75) is 40.0 Å². The normalized spacial score (nSPS) is 12.8. The summed E-state index contributed by atoms with van der Waals surface area (Å²) in [5.41, 5.74) is 3.03. The van der Waals surface area contributed by atoms with E-state index in [-0.39, 0.29) is 17.1 Å². The number of nitrogens with zero attached hydrogens (tertiary/aromatic N) is 3. The van der Waals surface area contributed by atoms with Gasteiger partial charge in [0.15, 0.2) is 0 Å². The molecule has 0 radical (unpaired) electrons. The number of nitrogens with one attached hydrogen (secondary N) is 1. The van der Waals surface area contributed by atoms with Gasteiger partial charge in [-0.05, 0) is 24.8 Å². The SMILES string of the molecule is CC/C(CC(C)CC)=N/Nc1ccc([N+](=O)[O-])cc1[N+](=O)[O-]. The molecule has 0 saturated carbocycles. The third-order valence-electron chi connectivity index (χ3n) is 3.41. The maximum Gasteiger partial charge on any atom is 0.301 e. The Labute approximate surface area is 128 Å². The molecule has 0 bridgehead atoms. The zero-order valence-electron chi connectivity index (χ0n) is 12.9. The van der Waals surface area contributed by atoms with Gasteiger partial charge in [0.1, 0.15) is 5.69 Å². The molecule has 0 heterocycles. The molecule has 0 fully saturated rings. The van der Waals surface area contributed by atoms with E-state index < -0.39 is 9.85 Å². The van der Waals surface area contributed by atoms with Crippen LogP contribution in [-0.4, -0.2) is 15.6 Å². The van der Waals surface area contributed by atoms with E-state index in [1.54, 1.807) is 0 Å². The van der Waals surface area contributed by atoms with Gasteiger partial charge in [0.05, 0.1) is 15.9 Å². The summed E-state index contributed by atoms with van der Waals surface area (Å²) >= 11 is 0. The van der Waals surface area contributed by atoms with Crippen molar-refractivity contribution < 1.29 is 9.85 Å². The summed E-state index contributed by atoms with van der Waals surface area (Å²) < 4.78 is 0. The first-order chi connectivity index (χ1) is 10.4. The molecule has 1 unspecified atom stereocenters. The van der Waals surface area contributed by atoms with Crippen LogP contribution in [0.25, 0.3) is 0 Å². The minimum atomic E-state index is -0.666. The van der Waals surface area contributed by atoms with Gasteiger partial charge < -0.3 is 0 Å². The summed E-state index contributed by atoms with van der Waals surface area (Å²) in [6, 6.07) is 3.44. The first-order valence-corrected chi connectivity index (χ1v) is 7.13. The largest absolute Gasteiger partial charge is 0.301 e. The maximum absolute atomic E-state index is 11.0. The number of anilines is 1. The second kappa shape index (κ2) is 8.06. The molecule has 0 saturated heterocycles. The van der Waals surface area contributed by atoms with Crippen LogP contribution in [0.5, 0.6) is 0 Å². The number of nitro groups is 2. The molecule has 8 nitrogen and oxygen atoms in total. The lowest BCUT2D eigenvalue weighted by atomic mass is 10.0. The zero-order chi connectivity index (χ0) is 16.7. The van der Waals surface area contributed by atoms with E-state index in [1.165, 1.54) is 12.1 Å². The number of rotatable bonds is 8. The van der Waals surface area contributed by atoms with Crippen LogP contribution in [0.3, 0.4) is 0 Å². The zero-order valence-corrected chi connectivity index (χ0v) is 12.9. The molecular formula is C14H20N4O4. The van der Waals surface area contributed by atoms with E-state index in [2.05, 4.69) is 24.4 Å². The quantitative estimate of drug-likeness (QED) is 0.441. The van der Waals surface area contributed by atoms with Crippen molar-refractivity contribution in [2.24, 2.45) is 11.0 Å². The Morgan fingerprint density at radius 3 is 2.45 bits per heavy atom. The van der Waals surface area contributed by atoms with Gasteiger partial charge in [0.2, 0.25) is 0 Å². The van der Waals surface area contributed by atoms with Gasteiger partial charge in [0, 0.05) is 11.8 Å². The van der Waals surface area contributed by atoms with Crippen molar-refractivity contribution in [3.8, 4) is 0 Å². The Morgan fingerprint density at radius 1 is 1.27 bits per heavy atom. The number of hydrogen-bond acceptors (Lipinski definition) is 6. The van der Waals surface area contributed by atoms with Gasteiger partial charge in [-0.15, -0.1) is 0 Å². The van der Waals surface area contributed by atoms with Crippen LogP contribution in [-0.2, 0) is 0 Å². The Bertz CT molecular complexity index is 586. The minimum absolute atomic E-state index is 0.144. The van der Waals surface area contributed by atoms with Crippen LogP contribution >= 0.6 is 0 Å². The first-order valence-electron chi connectivity index (χ1n) is 7.13. The highest BCUT2D eigenvalue weighted by Crippen LogP contribution is 2.29. The highest BCUT2D eigenvalue weighted by molar-refractivity contribution is 5.85.